The largest absolute Gasteiger partial charge is 0.297 e. The molecule has 0 bridgehead atoms. The number of benzene rings is 2. The van der Waals surface area contributed by atoms with Crippen molar-refractivity contribution in [2.45, 2.75) is 49.8 Å². The molecule has 0 radical (unpaired) electrons. The van der Waals surface area contributed by atoms with Crippen LogP contribution in [0, 0.1) is 13.8 Å². The highest BCUT2D eigenvalue weighted by Crippen LogP contribution is 2.42. The minimum atomic E-state index is -3.72. The third-order valence-electron chi connectivity index (χ3n) is 5.02. The predicted octanol–water partition coefficient (Wildman–Crippen LogP) is 4.52. The molecule has 24 heavy (non-hydrogen) atoms. The fraction of sp³-hybridized carbons (Fsp3) is 0.400. The zero-order valence-corrected chi connectivity index (χ0v) is 15.1. The van der Waals surface area contributed by atoms with Crippen molar-refractivity contribution < 1.29 is 12.6 Å². The van der Waals surface area contributed by atoms with Gasteiger partial charge in [-0.25, -0.2) is 0 Å². The summed E-state index contributed by atoms with van der Waals surface area (Å²) in [5.74, 6) is 0. The molecule has 3 rings (SSSR count). The first-order valence-electron chi connectivity index (χ1n) is 8.45. The van der Waals surface area contributed by atoms with E-state index in [-0.39, 0.29) is 16.9 Å². The quantitative estimate of drug-likeness (QED) is 0.749. The highest BCUT2D eigenvalue weighted by atomic mass is 32.2. The van der Waals surface area contributed by atoms with E-state index in [1.165, 1.54) is 11.1 Å². The summed E-state index contributed by atoms with van der Waals surface area (Å²) in [6, 6.07) is 15.2. The van der Waals surface area contributed by atoms with Crippen LogP contribution in [0.3, 0.4) is 0 Å². The Bertz CT molecular complexity index is 784. The molecule has 3 nitrogen and oxygen atoms in total. The number of aryl methyl sites for hydroxylation is 2. The lowest BCUT2D eigenvalue weighted by Gasteiger charge is -2.29. The molecular formula is C20H24O3S. The Hall–Kier alpha value is -1.65. The van der Waals surface area contributed by atoms with Crippen LogP contribution in [0.5, 0.6) is 0 Å². The Labute approximate surface area is 144 Å². The number of hydrogen-bond donors (Lipinski definition) is 0. The normalized spacial score (nSPS) is 17.1. The molecule has 0 heterocycles. The standard InChI is InChI=1S/C20H24O3S/c1-16-5-9-18(10-6-16)20(13-3-4-14-20)15-23-24(21,22)19-11-7-17(2)8-12-19/h5-12H,3-4,13-15H2,1-2H3. The third kappa shape index (κ3) is 3.55. The van der Waals surface area contributed by atoms with E-state index in [0.29, 0.717) is 0 Å². The molecule has 1 fully saturated rings. The Morgan fingerprint density at radius 1 is 0.875 bits per heavy atom. The van der Waals surface area contributed by atoms with Crippen LogP contribution in [-0.4, -0.2) is 15.0 Å². The summed E-state index contributed by atoms with van der Waals surface area (Å²) in [4.78, 5) is 0.227. The highest BCUT2D eigenvalue weighted by molar-refractivity contribution is 7.86. The zero-order chi connectivity index (χ0) is 17.2. The van der Waals surface area contributed by atoms with Crippen LogP contribution in [0.25, 0.3) is 0 Å². The highest BCUT2D eigenvalue weighted by Gasteiger charge is 2.37. The average Bonchev–Trinajstić information content (AvgIpc) is 3.04. The Morgan fingerprint density at radius 3 is 1.92 bits per heavy atom. The van der Waals surface area contributed by atoms with Crippen LogP contribution in [0.1, 0.15) is 42.4 Å². The maximum Gasteiger partial charge on any atom is 0.297 e. The van der Waals surface area contributed by atoms with Crippen molar-refractivity contribution in [3.63, 3.8) is 0 Å². The second-order valence-corrected chi connectivity index (χ2v) is 8.50. The van der Waals surface area contributed by atoms with E-state index < -0.39 is 10.1 Å². The van der Waals surface area contributed by atoms with Crippen LogP contribution in [0.15, 0.2) is 53.4 Å². The smallest absolute Gasteiger partial charge is 0.265 e. The van der Waals surface area contributed by atoms with Crippen molar-refractivity contribution in [1.82, 2.24) is 0 Å². The molecule has 0 spiro atoms. The molecule has 0 N–H and O–H groups in total. The van der Waals surface area contributed by atoms with Crippen molar-refractivity contribution in [3.05, 3.63) is 65.2 Å². The maximum atomic E-state index is 12.5. The van der Waals surface area contributed by atoms with Gasteiger partial charge in [-0.2, -0.15) is 8.42 Å². The summed E-state index contributed by atoms with van der Waals surface area (Å²) < 4.78 is 30.5. The van der Waals surface area contributed by atoms with Gasteiger partial charge in [0, 0.05) is 5.41 Å². The molecule has 1 aliphatic rings. The summed E-state index contributed by atoms with van der Waals surface area (Å²) in [5, 5.41) is 0. The number of hydrogen-bond acceptors (Lipinski definition) is 3. The van der Waals surface area contributed by atoms with E-state index in [0.717, 1.165) is 31.2 Å². The lowest BCUT2D eigenvalue weighted by atomic mass is 9.79. The molecule has 0 saturated heterocycles. The molecular weight excluding hydrogens is 320 g/mol. The maximum absolute atomic E-state index is 12.5. The molecule has 0 amide bonds. The molecule has 0 atom stereocenters. The van der Waals surface area contributed by atoms with Gasteiger partial charge in [0.15, 0.2) is 0 Å². The van der Waals surface area contributed by atoms with Crippen molar-refractivity contribution in [2.75, 3.05) is 6.61 Å². The van der Waals surface area contributed by atoms with Gasteiger partial charge in [-0.05, 0) is 44.4 Å². The van der Waals surface area contributed by atoms with Gasteiger partial charge in [-0.3, -0.25) is 4.18 Å². The van der Waals surface area contributed by atoms with Crippen LogP contribution in [-0.2, 0) is 19.7 Å². The van der Waals surface area contributed by atoms with Crippen molar-refractivity contribution >= 4 is 10.1 Å². The minimum Gasteiger partial charge on any atom is -0.265 e. The Kier molecular flexibility index (Phi) is 4.79. The topological polar surface area (TPSA) is 43.4 Å². The summed E-state index contributed by atoms with van der Waals surface area (Å²) >= 11 is 0. The average molecular weight is 344 g/mol. The zero-order valence-electron chi connectivity index (χ0n) is 14.3. The molecule has 0 aromatic heterocycles. The first kappa shape index (κ1) is 17.2. The minimum absolute atomic E-state index is 0.189. The molecule has 1 aliphatic carbocycles. The molecule has 2 aromatic rings. The fourth-order valence-corrected chi connectivity index (χ4v) is 4.42. The predicted molar refractivity (Wildman–Crippen MR) is 95.6 cm³/mol. The van der Waals surface area contributed by atoms with Crippen LogP contribution in [0.4, 0.5) is 0 Å². The second-order valence-electron chi connectivity index (χ2n) is 6.88. The van der Waals surface area contributed by atoms with Gasteiger partial charge in [-0.15, -0.1) is 0 Å². The molecule has 2 aromatic carbocycles. The first-order chi connectivity index (χ1) is 11.4. The van der Waals surface area contributed by atoms with Crippen LogP contribution >= 0.6 is 0 Å². The molecule has 128 valence electrons. The summed E-state index contributed by atoms with van der Waals surface area (Å²) in [7, 11) is -3.72. The van der Waals surface area contributed by atoms with Gasteiger partial charge >= 0.3 is 0 Å². The molecule has 0 aliphatic heterocycles. The monoisotopic (exact) mass is 344 g/mol. The van der Waals surface area contributed by atoms with E-state index in [9.17, 15) is 8.42 Å². The van der Waals surface area contributed by atoms with Crippen LogP contribution < -0.4 is 0 Å². The van der Waals surface area contributed by atoms with Gasteiger partial charge in [0.05, 0.1) is 11.5 Å². The van der Waals surface area contributed by atoms with E-state index in [1.54, 1.807) is 24.3 Å². The SMILES string of the molecule is Cc1ccc(C2(COS(=O)(=O)c3ccc(C)cc3)CCCC2)cc1. The summed E-state index contributed by atoms with van der Waals surface area (Å²) in [5.41, 5.74) is 3.23. The van der Waals surface area contributed by atoms with E-state index in [4.69, 9.17) is 4.18 Å². The van der Waals surface area contributed by atoms with Gasteiger partial charge in [0.25, 0.3) is 10.1 Å². The fourth-order valence-electron chi connectivity index (χ4n) is 3.44. The van der Waals surface area contributed by atoms with Crippen molar-refractivity contribution in [1.29, 1.82) is 0 Å². The molecule has 1 saturated carbocycles. The lowest BCUT2D eigenvalue weighted by molar-refractivity contribution is 0.222. The first-order valence-corrected chi connectivity index (χ1v) is 9.85. The van der Waals surface area contributed by atoms with Gasteiger partial charge < -0.3 is 0 Å². The van der Waals surface area contributed by atoms with E-state index in [1.807, 2.05) is 6.92 Å². The Morgan fingerprint density at radius 2 is 1.38 bits per heavy atom. The van der Waals surface area contributed by atoms with Crippen molar-refractivity contribution in [2.24, 2.45) is 0 Å². The van der Waals surface area contributed by atoms with Gasteiger partial charge in [0.1, 0.15) is 0 Å². The third-order valence-corrected chi connectivity index (χ3v) is 6.30. The molecule has 4 heteroatoms. The Balaban J connectivity index is 1.82. The van der Waals surface area contributed by atoms with Gasteiger partial charge in [0.2, 0.25) is 0 Å². The molecule has 0 unspecified atom stereocenters. The second kappa shape index (κ2) is 6.69. The van der Waals surface area contributed by atoms with Crippen molar-refractivity contribution in [3.8, 4) is 0 Å². The van der Waals surface area contributed by atoms with E-state index in [2.05, 4.69) is 31.2 Å². The summed E-state index contributed by atoms with van der Waals surface area (Å²) in [6.07, 6.45) is 4.17. The van der Waals surface area contributed by atoms with E-state index >= 15 is 0 Å². The lowest BCUT2D eigenvalue weighted by Crippen LogP contribution is -2.30. The number of rotatable bonds is 5. The van der Waals surface area contributed by atoms with Gasteiger partial charge in [-0.1, -0.05) is 60.4 Å². The summed E-state index contributed by atoms with van der Waals surface area (Å²) in [6.45, 7) is 4.21. The van der Waals surface area contributed by atoms with Crippen LogP contribution in [0.2, 0.25) is 0 Å².